The molecule has 2 fully saturated rings. The summed E-state index contributed by atoms with van der Waals surface area (Å²) in [6.45, 7) is 0. The van der Waals surface area contributed by atoms with Crippen LogP contribution in [0, 0.1) is 3.57 Å². The van der Waals surface area contributed by atoms with Crippen molar-refractivity contribution in [1.82, 2.24) is 4.98 Å². The molecule has 2 saturated heterocycles. The van der Waals surface area contributed by atoms with E-state index < -0.39 is 0 Å². The minimum absolute atomic E-state index is 0.744. The largest absolute Gasteiger partial charge is 0.351 e. The standard InChI is InChI=1S/C12H14I2N2/c13-8-1-4-12(15-7-8)16-10-2-3-11(16)6-9(14)5-10/h1,4,7,9-11H,2-3,5-6H2. The molecule has 0 aliphatic carbocycles. The number of halogens is 2. The molecule has 0 radical (unpaired) electrons. The lowest BCUT2D eigenvalue weighted by Crippen LogP contribution is -2.43. The van der Waals surface area contributed by atoms with Crippen molar-refractivity contribution < 1.29 is 0 Å². The minimum Gasteiger partial charge on any atom is -0.351 e. The molecule has 3 heterocycles. The molecule has 0 N–H and O–H groups in total. The molecule has 0 aromatic carbocycles. The Kier molecular flexibility index (Phi) is 3.30. The Labute approximate surface area is 123 Å². The SMILES string of the molecule is Ic1ccc(N2C3CCC2CC(I)C3)nc1. The van der Waals surface area contributed by atoms with E-state index in [4.69, 9.17) is 0 Å². The Balaban J connectivity index is 1.88. The molecule has 2 atom stereocenters. The van der Waals surface area contributed by atoms with Gasteiger partial charge in [0.15, 0.2) is 0 Å². The molecular formula is C12H14I2N2. The number of fused-ring (bicyclic) bond motifs is 2. The van der Waals surface area contributed by atoms with Crippen LogP contribution in [0.5, 0.6) is 0 Å². The van der Waals surface area contributed by atoms with E-state index in [0.29, 0.717) is 0 Å². The van der Waals surface area contributed by atoms with Crippen LogP contribution >= 0.6 is 45.2 Å². The molecule has 86 valence electrons. The highest BCUT2D eigenvalue weighted by molar-refractivity contribution is 14.1. The number of anilines is 1. The average Bonchev–Trinajstić information content (AvgIpc) is 2.54. The van der Waals surface area contributed by atoms with Crippen molar-refractivity contribution in [2.75, 3.05) is 4.90 Å². The molecule has 2 unspecified atom stereocenters. The summed E-state index contributed by atoms with van der Waals surface area (Å²) in [6, 6.07) is 5.83. The van der Waals surface area contributed by atoms with E-state index in [0.717, 1.165) is 16.0 Å². The lowest BCUT2D eigenvalue weighted by atomic mass is 10.0. The molecule has 0 spiro atoms. The van der Waals surface area contributed by atoms with Crippen LogP contribution in [0.3, 0.4) is 0 Å². The summed E-state index contributed by atoms with van der Waals surface area (Å²) in [5, 5.41) is 0. The van der Waals surface area contributed by atoms with Gasteiger partial charge in [0.05, 0.1) is 0 Å². The van der Waals surface area contributed by atoms with Crippen LogP contribution < -0.4 is 4.90 Å². The highest BCUT2D eigenvalue weighted by Gasteiger charge is 2.40. The number of pyridine rings is 1. The second kappa shape index (κ2) is 4.59. The van der Waals surface area contributed by atoms with Gasteiger partial charge in [-0.2, -0.15) is 0 Å². The van der Waals surface area contributed by atoms with E-state index in [1.54, 1.807) is 0 Å². The van der Waals surface area contributed by atoms with Crippen LogP contribution in [-0.4, -0.2) is 21.0 Å². The quantitative estimate of drug-likeness (QED) is 0.490. The fourth-order valence-corrected chi connectivity index (χ4v) is 4.50. The zero-order valence-electron chi connectivity index (χ0n) is 8.94. The van der Waals surface area contributed by atoms with Gasteiger partial charge in [0.2, 0.25) is 0 Å². The number of nitrogens with zero attached hydrogens (tertiary/aromatic N) is 2. The molecule has 16 heavy (non-hydrogen) atoms. The van der Waals surface area contributed by atoms with E-state index in [-0.39, 0.29) is 0 Å². The smallest absolute Gasteiger partial charge is 0.129 e. The lowest BCUT2D eigenvalue weighted by molar-refractivity contribution is 0.485. The zero-order valence-corrected chi connectivity index (χ0v) is 13.3. The van der Waals surface area contributed by atoms with Crippen LogP contribution in [0.4, 0.5) is 5.82 Å². The van der Waals surface area contributed by atoms with Gasteiger partial charge >= 0.3 is 0 Å². The Bertz CT molecular complexity index is 365. The van der Waals surface area contributed by atoms with E-state index >= 15 is 0 Å². The van der Waals surface area contributed by atoms with Crippen molar-refractivity contribution in [2.45, 2.75) is 41.7 Å². The molecule has 0 amide bonds. The third kappa shape index (κ3) is 2.07. The van der Waals surface area contributed by atoms with Gasteiger partial charge in [-0.25, -0.2) is 4.98 Å². The summed E-state index contributed by atoms with van der Waals surface area (Å²) < 4.78 is 2.09. The zero-order chi connectivity index (χ0) is 11.1. The van der Waals surface area contributed by atoms with Gasteiger partial charge in [-0.1, -0.05) is 22.6 Å². The Hall–Kier alpha value is 0.410. The van der Waals surface area contributed by atoms with Crippen molar-refractivity contribution in [2.24, 2.45) is 0 Å². The molecule has 3 rings (SSSR count). The molecule has 1 aromatic heterocycles. The van der Waals surface area contributed by atoms with Gasteiger partial charge in [0, 0.05) is 25.8 Å². The first-order valence-corrected chi connectivity index (χ1v) is 8.10. The predicted octanol–water partition coefficient (Wildman–Crippen LogP) is 3.62. The van der Waals surface area contributed by atoms with E-state index in [2.05, 4.69) is 67.2 Å². The summed E-state index contributed by atoms with van der Waals surface area (Å²) in [6.07, 6.45) is 7.37. The molecule has 2 aliphatic heterocycles. The fraction of sp³-hybridized carbons (Fsp3) is 0.583. The average molecular weight is 440 g/mol. The first-order valence-electron chi connectivity index (χ1n) is 5.78. The Morgan fingerprint density at radius 3 is 2.44 bits per heavy atom. The van der Waals surface area contributed by atoms with Crippen LogP contribution in [0.25, 0.3) is 0 Å². The number of rotatable bonds is 1. The Morgan fingerprint density at radius 2 is 1.88 bits per heavy atom. The van der Waals surface area contributed by atoms with Crippen molar-refractivity contribution in [3.63, 3.8) is 0 Å². The molecule has 2 aliphatic rings. The number of hydrogen-bond acceptors (Lipinski definition) is 2. The first-order chi connectivity index (χ1) is 7.74. The fourth-order valence-electron chi connectivity index (χ4n) is 3.01. The van der Waals surface area contributed by atoms with Gasteiger partial charge in [-0.3, -0.25) is 0 Å². The second-order valence-electron chi connectivity index (χ2n) is 4.70. The normalized spacial score (nSPS) is 33.1. The van der Waals surface area contributed by atoms with Crippen molar-refractivity contribution in [3.8, 4) is 0 Å². The van der Waals surface area contributed by atoms with E-state index in [1.165, 1.54) is 35.1 Å². The highest BCUT2D eigenvalue weighted by Crippen LogP contribution is 2.40. The minimum atomic E-state index is 0.744. The van der Waals surface area contributed by atoms with Gasteiger partial charge in [-0.15, -0.1) is 0 Å². The molecule has 4 heteroatoms. The van der Waals surface area contributed by atoms with Crippen LogP contribution in [0.15, 0.2) is 18.3 Å². The third-order valence-electron chi connectivity index (χ3n) is 3.65. The summed E-state index contributed by atoms with van der Waals surface area (Å²) >= 11 is 4.93. The van der Waals surface area contributed by atoms with Crippen molar-refractivity contribution >= 4 is 51.0 Å². The topological polar surface area (TPSA) is 16.1 Å². The maximum atomic E-state index is 4.58. The van der Waals surface area contributed by atoms with Gasteiger partial charge in [-0.05, 0) is 60.4 Å². The van der Waals surface area contributed by atoms with Gasteiger partial charge in [0.25, 0.3) is 0 Å². The molecule has 1 aromatic rings. The maximum absolute atomic E-state index is 4.58. The second-order valence-corrected chi connectivity index (χ2v) is 7.70. The van der Waals surface area contributed by atoms with Crippen molar-refractivity contribution in [1.29, 1.82) is 0 Å². The number of hydrogen-bond donors (Lipinski definition) is 0. The predicted molar refractivity (Wildman–Crippen MR) is 83.3 cm³/mol. The van der Waals surface area contributed by atoms with Crippen LogP contribution in [-0.2, 0) is 0 Å². The van der Waals surface area contributed by atoms with E-state index in [9.17, 15) is 0 Å². The maximum Gasteiger partial charge on any atom is 0.129 e. The number of piperidine rings is 1. The van der Waals surface area contributed by atoms with E-state index in [1.807, 2.05) is 6.20 Å². The molecular weight excluding hydrogens is 426 g/mol. The molecule has 0 saturated carbocycles. The monoisotopic (exact) mass is 440 g/mol. The molecule has 2 nitrogen and oxygen atoms in total. The lowest BCUT2D eigenvalue weighted by Gasteiger charge is -2.38. The Morgan fingerprint density at radius 1 is 1.19 bits per heavy atom. The van der Waals surface area contributed by atoms with Crippen LogP contribution in [0.1, 0.15) is 25.7 Å². The van der Waals surface area contributed by atoms with Crippen LogP contribution in [0.2, 0.25) is 0 Å². The summed E-state index contributed by atoms with van der Waals surface area (Å²) in [7, 11) is 0. The first kappa shape index (κ1) is 11.5. The third-order valence-corrected chi connectivity index (χ3v) is 5.31. The van der Waals surface area contributed by atoms with Crippen molar-refractivity contribution in [3.05, 3.63) is 21.9 Å². The number of alkyl halides is 1. The molecule has 2 bridgehead atoms. The highest BCUT2D eigenvalue weighted by atomic mass is 127. The number of aromatic nitrogens is 1. The van der Waals surface area contributed by atoms with Gasteiger partial charge < -0.3 is 4.90 Å². The van der Waals surface area contributed by atoms with Gasteiger partial charge in [0.1, 0.15) is 5.82 Å². The summed E-state index contributed by atoms with van der Waals surface area (Å²) in [5.41, 5.74) is 0. The summed E-state index contributed by atoms with van der Waals surface area (Å²) in [5.74, 6) is 1.19. The summed E-state index contributed by atoms with van der Waals surface area (Å²) in [4.78, 5) is 7.16.